The molecule has 0 aliphatic heterocycles. The van der Waals surface area contributed by atoms with E-state index in [2.05, 4.69) is 15.5 Å². The van der Waals surface area contributed by atoms with E-state index in [0.29, 0.717) is 11.3 Å². The van der Waals surface area contributed by atoms with Crippen molar-refractivity contribution in [2.75, 3.05) is 5.32 Å². The first kappa shape index (κ1) is 12.7. The van der Waals surface area contributed by atoms with Gasteiger partial charge >= 0.3 is 0 Å². The zero-order chi connectivity index (χ0) is 14.0. The quantitative estimate of drug-likeness (QED) is 0.774. The zero-order valence-corrected chi connectivity index (χ0v) is 10.0. The molecule has 4 N–H and O–H groups in total. The molecule has 2 aromatic rings. The summed E-state index contributed by atoms with van der Waals surface area (Å²) < 4.78 is 13.3. The number of aromatic nitrogens is 2. The fourth-order valence-electron chi connectivity index (χ4n) is 1.57. The van der Waals surface area contributed by atoms with E-state index in [4.69, 9.17) is 5.73 Å². The number of benzene rings is 1. The Morgan fingerprint density at radius 1 is 1.37 bits per heavy atom. The topological polar surface area (TPSA) is 101 Å². The second-order valence-electron chi connectivity index (χ2n) is 3.92. The minimum Gasteiger partial charge on any atom is -0.366 e. The largest absolute Gasteiger partial charge is 0.366 e. The molecule has 0 radical (unpaired) electrons. The summed E-state index contributed by atoms with van der Waals surface area (Å²) in [5.74, 6) is -2.04. The van der Waals surface area contributed by atoms with Crippen LogP contribution < -0.4 is 11.1 Å². The first-order valence-electron chi connectivity index (χ1n) is 5.39. The minimum absolute atomic E-state index is 0.276. The summed E-state index contributed by atoms with van der Waals surface area (Å²) >= 11 is 0. The number of nitrogens with one attached hydrogen (secondary N) is 2. The Bertz CT molecular complexity index is 651. The summed E-state index contributed by atoms with van der Waals surface area (Å²) in [6, 6.07) is 3.60. The average Bonchev–Trinajstić information content (AvgIpc) is 2.77. The van der Waals surface area contributed by atoms with Crippen LogP contribution in [0, 0.1) is 12.7 Å². The minimum atomic E-state index is -0.895. The number of hydrogen-bond acceptors (Lipinski definition) is 3. The van der Waals surface area contributed by atoms with Gasteiger partial charge in [-0.1, -0.05) is 0 Å². The maximum absolute atomic E-state index is 13.3. The van der Waals surface area contributed by atoms with Crippen LogP contribution in [0.15, 0.2) is 24.4 Å². The van der Waals surface area contributed by atoms with E-state index in [-0.39, 0.29) is 11.3 Å². The standard InChI is InChI=1S/C12H11FN4O2/c1-6-9(5-15-17-6)12(19)16-7-2-3-10(13)8(4-7)11(14)18/h2-5H,1H3,(H2,14,18)(H,15,17)(H,16,19). The number of halogens is 1. The molecule has 0 aliphatic carbocycles. The predicted octanol–water partition coefficient (Wildman–Crippen LogP) is 1.21. The Labute approximate surface area is 107 Å². The lowest BCUT2D eigenvalue weighted by Crippen LogP contribution is -2.16. The molecule has 0 unspecified atom stereocenters. The summed E-state index contributed by atoms with van der Waals surface area (Å²) in [6.45, 7) is 1.70. The third-order valence-corrected chi connectivity index (χ3v) is 2.56. The number of aryl methyl sites for hydroxylation is 1. The number of amides is 2. The maximum Gasteiger partial charge on any atom is 0.259 e. The number of anilines is 1. The molecule has 7 heteroatoms. The third kappa shape index (κ3) is 2.59. The Morgan fingerprint density at radius 2 is 2.11 bits per heavy atom. The van der Waals surface area contributed by atoms with Gasteiger partial charge in [-0.2, -0.15) is 5.10 Å². The van der Waals surface area contributed by atoms with Crippen molar-refractivity contribution >= 4 is 17.5 Å². The first-order chi connectivity index (χ1) is 8.99. The molecule has 0 saturated carbocycles. The SMILES string of the molecule is Cc1[nH]ncc1C(=O)Nc1ccc(F)c(C(N)=O)c1. The molecular formula is C12H11FN4O2. The summed E-state index contributed by atoms with van der Waals surface area (Å²) in [5.41, 5.74) is 6.00. The van der Waals surface area contributed by atoms with Gasteiger partial charge in [-0.15, -0.1) is 0 Å². The molecule has 2 amide bonds. The van der Waals surface area contributed by atoms with E-state index in [1.54, 1.807) is 6.92 Å². The lowest BCUT2D eigenvalue weighted by atomic mass is 10.1. The number of primary amides is 1. The molecule has 0 atom stereocenters. The van der Waals surface area contributed by atoms with Crippen molar-refractivity contribution in [2.24, 2.45) is 5.73 Å². The Kier molecular flexibility index (Phi) is 3.28. The summed E-state index contributed by atoms with van der Waals surface area (Å²) in [7, 11) is 0. The molecule has 0 bridgehead atoms. The van der Waals surface area contributed by atoms with Crippen LogP contribution in [-0.2, 0) is 0 Å². The number of hydrogen-bond donors (Lipinski definition) is 3. The van der Waals surface area contributed by atoms with Gasteiger partial charge < -0.3 is 11.1 Å². The molecule has 6 nitrogen and oxygen atoms in total. The average molecular weight is 262 g/mol. The van der Waals surface area contributed by atoms with Crippen molar-refractivity contribution < 1.29 is 14.0 Å². The predicted molar refractivity (Wildman–Crippen MR) is 66.2 cm³/mol. The van der Waals surface area contributed by atoms with Gasteiger partial charge in [0.15, 0.2) is 0 Å². The van der Waals surface area contributed by atoms with Crippen molar-refractivity contribution in [3.8, 4) is 0 Å². The van der Waals surface area contributed by atoms with E-state index in [1.165, 1.54) is 18.3 Å². The summed E-state index contributed by atoms with van der Waals surface area (Å²) in [5, 5.41) is 8.89. The highest BCUT2D eigenvalue weighted by molar-refractivity contribution is 6.05. The van der Waals surface area contributed by atoms with E-state index < -0.39 is 17.6 Å². The highest BCUT2D eigenvalue weighted by atomic mass is 19.1. The monoisotopic (exact) mass is 262 g/mol. The number of nitrogens with two attached hydrogens (primary N) is 1. The van der Waals surface area contributed by atoms with Gasteiger partial charge in [-0.3, -0.25) is 14.7 Å². The third-order valence-electron chi connectivity index (χ3n) is 2.56. The second kappa shape index (κ2) is 4.89. The summed E-state index contributed by atoms with van der Waals surface area (Å²) in [4.78, 5) is 22.9. The Morgan fingerprint density at radius 3 is 2.68 bits per heavy atom. The lowest BCUT2D eigenvalue weighted by Gasteiger charge is -2.06. The zero-order valence-electron chi connectivity index (χ0n) is 10.0. The van der Waals surface area contributed by atoms with Crippen LogP contribution in [0.1, 0.15) is 26.4 Å². The van der Waals surface area contributed by atoms with Crippen LogP contribution in [0.3, 0.4) is 0 Å². The van der Waals surface area contributed by atoms with Crippen LogP contribution in [0.25, 0.3) is 0 Å². The van der Waals surface area contributed by atoms with Gasteiger partial charge in [0.2, 0.25) is 0 Å². The van der Waals surface area contributed by atoms with E-state index in [0.717, 1.165) is 6.07 Å². The van der Waals surface area contributed by atoms with E-state index >= 15 is 0 Å². The lowest BCUT2D eigenvalue weighted by molar-refractivity contribution is 0.0992. The first-order valence-corrected chi connectivity index (χ1v) is 5.39. The molecule has 0 fully saturated rings. The fourth-order valence-corrected chi connectivity index (χ4v) is 1.57. The second-order valence-corrected chi connectivity index (χ2v) is 3.92. The van der Waals surface area contributed by atoms with Gasteiger partial charge in [0.1, 0.15) is 5.82 Å². The van der Waals surface area contributed by atoms with Crippen molar-refractivity contribution in [2.45, 2.75) is 6.92 Å². The fraction of sp³-hybridized carbons (Fsp3) is 0.0833. The molecular weight excluding hydrogens is 251 g/mol. The highest BCUT2D eigenvalue weighted by Gasteiger charge is 2.13. The Balaban J connectivity index is 2.25. The van der Waals surface area contributed by atoms with E-state index in [9.17, 15) is 14.0 Å². The van der Waals surface area contributed by atoms with Gasteiger partial charge in [0.25, 0.3) is 11.8 Å². The summed E-state index contributed by atoms with van der Waals surface area (Å²) in [6.07, 6.45) is 1.38. The molecule has 2 rings (SSSR count). The number of carbonyl (C=O) groups excluding carboxylic acids is 2. The maximum atomic E-state index is 13.3. The molecule has 19 heavy (non-hydrogen) atoms. The van der Waals surface area contributed by atoms with Crippen LogP contribution >= 0.6 is 0 Å². The number of nitrogens with zero attached hydrogens (tertiary/aromatic N) is 1. The normalized spacial score (nSPS) is 10.2. The van der Waals surface area contributed by atoms with Crippen LogP contribution in [0.5, 0.6) is 0 Å². The smallest absolute Gasteiger partial charge is 0.259 e. The van der Waals surface area contributed by atoms with Gasteiger partial charge in [-0.05, 0) is 25.1 Å². The molecule has 0 saturated heterocycles. The molecule has 1 aromatic carbocycles. The molecule has 1 heterocycles. The molecule has 1 aromatic heterocycles. The van der Waals surface area contributed by atoms with E-state index in [1.807, 2.05) is 0 Å². The van der Waals surface area contributed by atoms with Gasteiger partial charge in [0.05, 0.1) is 17.3 Å². The van der Waals surface area contributed by atoms with Crippen molar-refractivity contribution in [3.05, 3.63) is 47.0 Å². The van der Waals surface area contributed by atoms with Crippen molar-refractivity contribution in [1.29, 1.82) is 0 Å². The molecule has 0 spiro atoms. The van der Waals surface area contributed by atoms with Crippen molar-refractivity contribution in [1.82, 2.24) is 10.2 Å². The van der Waals surface area contributed by atoms with Gasteiger partial charge in [0, 0.05) is 11.4 Å². The van der Waals surface area contributed by atoms with Crippen molar-refractivity contribution in [3.63, 3.8) is 0 Å². The Hall–Kier alpha value is -2.70. The number of H-pyrrole nitrogens is 1. The number of rotatable bonds is 3. The molecule has 0 aliphatic rings. The highest BCUT2D eigenvalue weighted by Crippen LogP contribution is 2.16. The number of carbonyl (C=O) groups is 2. The number of aromatic amines is 1. The molecule has 98 valence electrons. The van der Waals surface area contributed by atoms with Crippen LogP contribution in [0.4, 0.5) is 10.1 Å². The van der Waals surface area contributed by atoms with Gasteiger partial charge in [-0.25, -0.2) is 4.39 Å². The van der Waals surface area contributed by atoms with Crippen LogP contribution in [-0.4, -0.2) is 22.0 Å². The van der Waals surface area contributed by atoms with Crippen LogP contribution in [0.2, 0.25) is 0 Å².